The van der Waals surface area contributed by atoms with Crippen LogP contribution in [0, 0.1) is 10.1 Å². The molecule has 110 valence electrons. The van der Waals surface area contributed by atoms with E-state index in [0.29, 0.717) is 11.4 Å². The van der Waals surface area contributed by atoms with Crippen molar-refractivity contribution in [1.29, 1.82) is 0 Å². The molecule has 7 heteroatoms. The Balaban J connectivity index is 2.32. The van der Waals surface area contributed by atoms with Crippen LogP contribution in [-0.2, 0) is 0 Å². The Kier molecular flexibility index (Phi) is 4.64. The zero-order chi connectivity index (χ0) is 15.4. The van der Waals surface area contributed by atoms with Crippen molar-refractivity contribution < 1.29 is 9.66 Å². The molecule has 0 aromatic heterocycles. The maximum Gasteiger partial charge on any atom is 0.273 e. The predicted molar refractivity (Wildman–Crippen MR) is 86.6 cm³/mol. The van der Waals surface area contributed by atoms with Crippen molar-refractivity contribution in [2.45, 2.75) is 0 Å². The molecule has 2 aromatic rings. The molecule has 0 aliphatic heterocycles. The lowest BCUT2D eigenvalue weighted by molar-refractivity contribution is -0.384. The number of nitrogens with zero attached hydrogens (tertiary/aromatic N) is 1. The molecule has 0 fully saturated rings. The first-order valence-electron chi connectivity index (χ1n) is 6.11. The Hall–Kier alpha value is -2.28. The van der Waals surface area contributed by atoms with Crippen LogP contribution in [-0.4, -0.2) is 19.1 Å². The quantitative estimate of drug-likeness (QED) is 0.624. The third-order valence-electron chi connectivity index (χ3n) is 2.86. The van der Waals surface area contributed by atoms with E-state index in [1.54, 1.807) is 20.2 Å². The molecule has 2 aromatic carbocycles. The van der Waals surface area contributed by atoms with Gasteiger partial charge in [-0.3, -0.25) is 10.1 Å². The van der Waals surface area contributed by atoms with Crippen LogP contribution in [0.5, 0.6) is 5.75 Å². The minimum atomic E-state index is -0.421. The van der Waals surface area contributed by atoms with E-state index in [9.17, 15) is 10.1 Å². The fraction of sp³-hybridized carbons (Fsp3) is 0.143. The second-order valence-corrected chi connectivity index (χ2v) is 5.10. The van der Waals surface area contributed by atoms with Gasteiger partial charge in [-0.1, -0.05) is 0 Å². The number of non-ortho nitro benzene ring substituents is 1. The average Bonchev–Trinajstić information content (AvgIpc) is 2.47. The zero-order valence-corrected chi connectivity index (χ0v) is 13.1. The van der Waals surface area contributed by atoms with Gasteiger partial charge in [0.2, 0.25) is 0 Å². The summed E-state index contributed by atoms with van der Waals surface area (Å²) in [5.74, 6) is 0.718. The first-order chi connectivity index (χ1) is 10.0. The Morgan fingerprint density at radius 2 is 1.86 bits per heavy atom. The van der Waals surface area contributed by atoms with Crippen molar-refractivity contribution in [2.75, 3.05) is 24.8 Å². The lowest BCUT2D eigenvalue weighted by Gasteiger charge is -2.10. The minimum Gasteiger partial charge on any atom is -0.496 e. The highest BCUT2D eigenvalue weighted by Gasteiger charge is 2.10. The Labute approximate surface area is 130 Å². The maximum absolute atomic E-state index is 10.9. The number of ether oxygens (including phenoxy) is 1. The normalized spacial score (nSPS) is 10.0. The van der Waals surface area contributed by atoms with E-state index in [2.05, 4.69) is 26.6 Å². The van der Waals surface area contributed by atoms with Crippen LogP contribution in [0.15, 0.2) is 40.9 Å². The van der Waals surface area contributed by atoms with Crippen molar-refractivity contribution in [3.63, 3.8) is 0 Å². The Morgan fingerprint density at radius 1 is 1.14 bits per heavy atom. The number of anilines is 3. The fourth-order valence-corrected chi connectivity index (χ4v) is 2.38. The van der Waals surface area contributed by atoms with Crippen LogP contribution < -0.4 is 15.4 Å². The van der Waals surface area contributed by atoms with Crippen LogP contribution in [0.3, 0.4) is 0 Å². The first kappa shape index (κ1) is 15.1. The lowest BCUT2D eigenvalue weighted by atomic mass is 10.2. The van der Waals surface area contributed by atoms with Crippen molar-refractivity contribution in [3.05, 3.63) is 51.0 Å². The molecule has 2 rings (SSSR count). The largest absolute Gasteiger partial charge is 0.496 e. The van der Waals surface area contributed by atoms with Crippen molar-refractivity contribution in [3.8, 4) is 5.75 Å². The van der Waals surface area contributed by atoms with Crippen molar-refractivity contribution in [1.82, 2.24) is 0 Å². The predicted octanol–water partition coefficient (Wildman–Crippen LogP) is 4.15. The van der Waals surface area contributed by atoms with Gasteiger partial charge in [0.15, 0.2) is 0 Å². The maximum atomic E-state index is 10.9. The van der Waals surface area contributed by atoms with Gasteiger partial charge in [-0.15, -0.1) is 0 Å². The number of methoxy groups -OCH3 is 1. The van der Waals surface area contributed by atoms with Crippen LogP contribution in [0.4, 0.5) is 22.7 Å². The number of halogens is 1. The van der Waals surface area contributed by atoms with Gasteiger partial charge in [0.25, 0.3) is 5.69 Å². The molecule has 0 amide bonds. The topological polar surface area (TPSA) is 76.4 Å². The summed E-state index contributed by atoms with van der Waals surface area (Å²) in [6.07, 6.45) is 0. The lowest BCUT2D eigenvalue weighted by Crippen LogP contribution is -1.97. The minimum absolute atomic E-state index is 0.0249. The molecule has 0 heterocycles. The van der Waals surface area contributed by atoms with E-state index in [1.165, 1.54) is 12.1 Å². The summed E-state index contributed by atoms with van der Waals surface area (Å²) in [6, 6.07) is 10.3. The summed E-state index contributed by atoms with van der Waals surface area (Å²) < 4.78 is 5.96. The van der Waals surface area contributed by atoms with Crippen LogP contribution >= 0.6 is 15.9 Å². The van der Waals surface area contributed by atoms with Crippen molar-refractivity contribution >= 4 is 38.7 Å². The first-order valence-corrected chi connectivity index (χ1v) is 6.90. The van der Waals surface area contributed by atoms with Crippen LogP contribution in [0.25, 0.3) is 0 Å². The molecular formula is C14H14BrN3O3. The molecule has 0 spiro atoms. The van der Waals surface area contributed by atoms with Gasteiger partial charge in [-0.2, -0.15) is 0 Å². The van der Waals surface area contributed by atoms with E-state index in [0.717, 1.165) is 15.9 Å². The average molecular weight is 352 g/mol. The molecule has 2 N–H and O–H groups in total. The van der Waals surface area contributed by atoms with Gasteiger partial charge in [-0.25, -0.2) is 0 Å². The van der Waals surface area contributed by atoms with E-state index in [1.807, 2.05) is 18.2 Å². The molecule has 0 atom stereocenters. The van der Waals surface area contributed by atoms with E-state index in [4.69, 9.17) is 4.74 Å². The molecule has 0 aliphatic carbocycles. The summed E-state index contributed by atoms with van der Waals surface area (Å²) >= 11 is 3.40. The molecule has 0 bridgehead atoms. The molecule has 0 saturated carbocycles. The van der Waals surface area contributed by atoms with E-state index >= 15 is 0 Å². The fourth-order valence-electron chi connectivity index (χ4n) is 1.84. The number of hydrogen-bond acceptors (Lipinski definition) is 5. The number of rotatable bonds is 5. The second-order valence-electron chi connectivity index (χ2n) is 4.25. The Morgan fingerprint density at radius 3 is 2.43 bits per heavy atom. The number of nitro groups is 1. The summed E-state index contributed by atoms with van der Waals surface area (Å²) in [7, 11) is 3.31. The molecule has 0 radical (unpaired) electrons. The van der Waals surface area contributed by atoms with Gasteiger partial charge in [0.1, 0.15) is 5.75 Å². The molecular weight excluding hydrogens is 338 g/mol. The SMILES string of the molecule is CNc1cc(Nc2ccc(OC)c(Br)c2)cc([N+](=O)[O-])c1. The molecule has 0 unspecified atom stereocenters. The summed E-state index contributed by atoms with van der Waals surface area (Å²) in [4.78, 5) is 10.5. The zero-order valence-electron chi connectivity index (χ0n) is 11.5. The summed E-state index contributed by atoms with van der Waals surface area (Å²) in [5, 5.41) is 17.0. The van der Waals surface area contributed by atoms with Gasteiger partial charge in [-0.05, 0) is 40.2 Å². The van der Waals surface area contributed by atoms with Gasteiger partial charge in [0.05, 0.1) is 16.5 Å². The van der Waals surface area contributed by atoms with Crippen LogP contribution in [0.2, 0.25) is 0 Å². The molecule has 0 aliphatic rings. The van der Waals surface area contributed by atoms with Crippen molar-refractivity contribution in [2.24, 2.45) is 0 Å². The van der Waals surface area contributed by atoms with Gasteiger partial charge < -0.3 is 15.4 Å². The monoisotopic (exact) mass is 351 g/mol. The van der Waals surface area contributed by atoms with Gasteiger partial charge >= 0.3 is 0 Å². The van der Waals surface area contributed by atoms with Crippen LogP contribution in [0.1, 0.15) is 0 Å². The summed E-state index contributed by atoms with van der Waals surface area (Å²) in [5.41, 5.74) is 2.12. The van der Waals surface area contributed by atoms with E-state index < -0.39 is 4.92 Å². The second kappa shape index (κ2) is 6.45. The summed E-state index contributed by atoms with van der Waals surface area (Å²) in [6.45, 7) is 0. The Bertz CT molecular complexity index is 677. The molecule has 6 nitrogen and oxygen atoms in total. The third kappa shape index (κ3) is 3.63. The highest BCUT2D eigenvalue weighted by molar-refractivity contribution is 9.10. The number of hydrogen-bond donors (Lipinski definition) is 2. The standard InChI is InChI=1S/C14H14BrN3O3/c1-16-10-5-11(7-12(6-10)18(19)20)17-9-3-4-14(21-2)13(15)8-9/h3-8,16-17H,1-2H3. The van der Waals surface area contributed by atoms with Gasteiger partial charge in [0, 0.05) is 36.2 Å². The van der Waals surface area contributed by atoms with E-state index in [-0.39, 0.29) is 5.69 Å². The highest BCUT2D eigenvalue weighted by Crippen LogP contribution is 2.31. The number of nitrogens with one attached hydrogen (secondary N) is 2. The molecule has 21 heavy (non-hydrogen) atoms. The molecule has 0 saturated heterocycles. The number of benzene rings is 2. The highest BCUT2D eigenvalue weighted by atomic mass is 79.9. The smallest absolute Gasteiger partial charge is 0.273 e. The third-order valence-corrected chi connectivity index (χ3v) is 3.48. The number of nitro benzene ring substituents is 1.